The average molecular weight is 193 g/mol. The Morgan fingerprint density at radius 2 is 2.07 bits per heavy atom. The number of rotatable bonds is 1. The van der Waals surface area contributed by atoms with Crippen molar-refractivity contribution in [2.75, 3.05) is 18.0 Å². The predicted molar refractivity (Wildman–Crippen MR) is 54.0 cm³/mol. The van der Waals surface area contributed by atoms with Gasteiger partial charge in [-0.15, -0.1) is 0 Å². The van der Waals surface area contributed by atoms with Gasteiger partial charge in [0, 0.05) is 19.2 Å². The van der Waals surface area contributed by atoms with Gasteiger partial charge >= 0.3 is 0 Å². The van der Waals surface area contributed by atoms with E-state index in [4.69, 9.17) is 0 Å². The van der Waals surface area contributed by atoms with E-state index in [0.717, 1.165) is 23.6 Å². The van der Waals surface area contributed by atoms with E-state index >= 15 is 0 Å². The van der Waals surface area contributed by atoms with Gasteiger partial charge in [-0.2, -0.15) is 0 Å². The van der Waals surface area contributed by atoms with Gasteiger partial charge < -0.3 is 10.1 Å². The van der Waals surface area contributed by atoms with Crippen LogP contribution in [0.4, 0.5) is 5.82 Å². The number of hydrogen-bond donors (Lipinski definition) is 0. The molecular formula is C10H15N3O. The van der Waals surface area contributed by atoms with Crippen LogP contribution in [0.1, 0.15) is 25.0 Å². The largest absolute Gasteiger partial charge is 0.711 e. The van der Waals surface area contributed by atoms with E-state index in [-0.39, 0.29) is 0 Å². The van der Waals surface area contributed by atoms with Crippen molar-refractivity contribution in [3.8, 4) is 0 Å². The number of hydrogen-bond acceptors (Lipinski definition) is 3. The minimum Gasteiger partial charge on any atom is -0.711 e. The highest BCUT2D eigenvalue weighted by molar-refractivity contribution is 5.37. The molecule has 1 aromatic heterocycles. The summed E-state index contributed by atoms with van der Waals surface area (Å²) in [7, 11) is 0. The van der Waals surface area contributed by atoms with Crippen LogP contribution in [0.25, 0.3) is 0 Å². The third-order valence-corrected chi connectivity index (χ3v) is 2.66. The van der Waals surface area contributed by atoms with Crippen LogP contribution in [-0.2, 0) is 0 Å². The number of nitrogens with zero attached hydrogens (tertiary/aromatic N) is 3. The highest BCUT2D eigenvalue weighted by Gasteiger charge is 2.16. The van der Waals surface area contributed by atoms with Crippen molar-refractivity contribution in [3.05, 3.63) is 23.3 Å². The fourth-order valence-electron chi connectivity index (χ4n) is 1.79. The summed E-state index contributed by atoms with van der Waals surface area (Å²) >= 11 is 0. The van der Waals surface area contributed by atoms with Crippen molar-refractivity contribution in [2.24, 2.45) is 0 Å². The summed E-state index contributed by atoms with van der Waals surface area (Å²) in [4.78, 5) is 6.39. The lowest BCUT2D eigenvalue weighted by atomic mass is 10.1. The van der Waals surface area contributed by atoms with Crippen LogP contribution < -0.4 is 9.63 Å². The van der Waals surface area contributed by atoms with Crippen LogP contribution in [-0.4, -0.2) is 18.1 Å². The first-order valence-corrected chi connectivity index (χ1v) is 5.08. The average Bonchev–Trinajstić information content (AvgIpc) is 2.23. The molecule has 0 aromatic carbocycles. The zero-order valence-corrected chi connectivity index (χ0v) is 8.44. The number of piperidine rings is 1. The quantitative estimate of drug-likeness (QED) is 0.494. The molecule has 2 rings (SSSR count). The molecule has 0 unspecified atom stereocenters. The van der Waals surface area contributed by atoms with E-state index in [1.165, 1.54) is 25.6 Å². The molecule has 2 heterocycles. The van der Waals surface area contributed by atoms with Crippen LogP contribution in [0.2, 0.25) is 0 Å². The van der Waals surface area contributed by atoms with Crippen LogP contribution >= 0.6 is 0 Å². The molecule has 1 aliphatic rings. The summed E-state index contributed by atoms with van der Waals surface area (Å²) in [5, 5.41) is 11.1. The van der Waals surface area contributed by atoms with Crippen LogP contribution in [0.3, 0.4) is 0 Å². The highest BCUT2D eigenvalue weighted by Crippen LogP contribution is 2.16. The standard InChI is InChI=1S/C10H15N3O/c1-9-7-10(11-8-13(9)14)12-5-3-2-4-6-12/h7-8H,2-6H2,1H3. The zero-order chi connectivity index (χ0) is 9.97. The molecule has 14 heavy (non-hydrogen) atoms. The van der Waals surface area contributed by atoms with Crippen molar-refractivity contribution in [1.82, 2.24) is 4.98 Å². The third kappa shape index (κ3) is 1.78. The molecule has 4 heteroatoms. The topological polar surface area (TPSA) is 43.1 Å². The number of aryl methyl sites for hydroxylation is 1. The Balaban J connectivity index is 2.18. The Hall–Kier alpha value is -1.32. The van der Waals surface area contributed by atoms with E-state index < -0.39 is 0 Å². The first-order valence-electron chi connectivity index (χ1n) is 5.08. The Kier molecular flexibility index (Phi) is 2.52. The summed E-state index contributed by atoms with van der Waals surface area (Å²) in [5.41, 5.74) is 0.709. The van der Waals surface area contributed by atoms with E-state index in [0.29, 0.717) is 5.69 Å². The lowest BCUT2D eigenvalue weighted by Crippen LogP contribution is -2.34. The second-order valence-corrected chi connectivity index (χ2v) is 3.76. The van der Waals surface area contributed by atoms with Gasteiger partial charge in [-0.1, -0.05) is 0 Å². The first kappa shape index (κ1) is 9.24. The smallest absolute Gasteiger partial charge is 0.291 e. The molecule has 1 aliphatic heterocycles. The van der Waals surface area contributed by atoms with Gasteiger partial charge in [-0.05, 0) is 31.2 Å². The molecule has 0 radical (unpaired) electrons. The molecule has 0 amide bonds. The molecule has 1 aromatic rings. The fraction of sp³-hybridized carbons (Fsp3) is 0.600. The van der Waals surface area contributed by atoms with Gasteiger partial charge in [0.05, 0.1) is 0 Å². The first-order chi connectivity index (χ1) is 6.77. The van der Waals surface area contributed by atoms with Crippen LogP contribution in [0.15, 0.2) is 12.4 Å². The predicted octanol–water partition coefficient (Wildman–Crippen LogP) is 1.01. The van der Waals surface area contributed by atoms with Crippen LogP contribution in [0, 0.1) is 12.1 Å². The van der Waals surface area contributed by atoms with Crippen molar-refractivity contribution in [1.29, 1.82) is 0 Å². The molecule has 0 saturated carbocycles. The molecular weight excluding hydrogens is 178 g/mol. The summed E-state index contributed by atoms with van der Waals surface area (Å²) < 4.78 is 0.799. The molecule has 76 valence electrons. The Labute approximate surface area is 83.8 Å². The molecule has 4 nitrogen and oxygen atoms in total. The van der Waals surface area contributed by atoms with Gasteiger partial charge in [0.25, 0.3) is 6.33 Å². The number of anilines is 1. The Morgan fingerprint density at radius 1 is 1.36 bits per heavy atom. The minimum atomic E-state index is 0.709. The molecule has 0 spiro atoms. The fourth-order valence-corrected chi connectivity index (χ4v) is 1.79. The SMILES string of the molecule is Cc1cc(N2CCCCC2)nc[n+]1[O-]. The zero-order valence-electron chi connectivity index (χ0n) is 8.44. The molecule has 1 fully saturated rings. The lowest BCUT2D eigenvalue weighted by molar-refractivity contribution is -0.615. The van der Waals surface area contributed by atoms with Gasteiger partial charge in [-0.3, -0.25) is 0 Å². The molecule has 0 bridgehead atoms. The second-order valence-electron chi connectivity index (χ2n) is 3.76. The van der Waals surface area contributed by atoms with Crippen LogP contribution in [0.5, 0.6) is 0 Å². The molecule has 0 aliphatic carbocycles. The Morgan fingerprint density at radius 3 is 2.71 bits per heavy atom. The van der Waals surface area contributed by atoms with Gasteiger partial charge in [0.1, 0.15) is 5.69 Å². The van der Waals surface area contributed by atoms with Crippen molar-refractivity contribution >= 4 is 5.82 Å². The highest BCUT2D eigenvalue weighted by atomic mass is 16.5. The lowest BCUT2D eigenvalue weighted by Gasteiger charge is -2.25. The monoisotopic (exact) mass is 193 g/mol. The Bertz CT molecular complexity index is 321. The molecule has 1 saturated heterocycles. The maximum absolute atomic E-state index is 11.1. The van der Waals surface area contributed by atoms with E-state index in [1.807, 2.05) is 13.0 Å². The summed E-state index contributed by atoms with van der Waals surface area (Å²) in [5.74, 6) is 0.939. The molecule has 0 N–H and O–H groups in total. The minimum absolute atomic E-state index is 0.709. The maximum atomic E-state index is 11.1. The van der Waals surface area contributed by atoms with Gasteiger partial charge in [-0.25, -0.2) is 4.73 Å². The van der Waals surface area contributed by atoms with Crippen molar-refractivity contribution in [2.45, 2.75) is 26.2 Å². The summed E-state index contributed by atoms with van der Waals surface area (Å²) in [6, 6.07) is 1.86. The molecule has 0 atom stereocenters. The van der Waals surface area contributed by atoms with E-state index in [1.54, 1.807) is 0 Å². The van der Waals surface area contributed by atoms with E-state index in [2.05, 4.69) is 9.88 Å². The summed E-state index contributed by atoms with van der Waals surface area (Å²) in [6.07, 6.45) is 5.11. The van der Waals surface area contributed by atoms with Gasteiger partial charge in [0.15, 0.2) is 0 Å². The summed E-state index contributed by atoms with van der Waals surface area (Å²) in [6.45, 7) is 3.94. The van der Waals surface area contributed by atoms with Gasteiger partial charge in [0.2, 0.25) is 5.82 Å². The second kappa shape index (κ2) is 3.82. The van der Waals surface area contributed by atoms with Crippen molar-refractivity contribution in [3.63, 3.8) is 0 Å². The maximum Gasteiger partial charge on any atom is 0.291 e. The normalized spacial score (nSPS) is 17.1. The van der Waals surface area contributed by atoms with Crippen molar-refractivity contribution < 1.29 is 4.73 Å². The van der Waals surface area contributed by atoms with E-state index in [9.17, 15) is 5.21 Å². The number of aromatic nitrogens is 2. The third-order valence-electron chi connectivity index (χ3n) is 2.66.